The Bertz CT molecular complexity index is 334. The van der Waals surface area contributed by atoms with Crippen molar-refractivity contribution in [1.29, 1.82) is 0 Å². The lowest BCUT2D eigenvalue weighted by molar-refractivity contribution is -0.171. The van der Waals surface area contributed by atoms with Gasteiger partial charge in [0, 0.05) is 0 Å². The Kier molecular flexibility index (Phi) is 3.17. The van der Waals surface area contributed by atoms with E-state index >= 15 is 0 Å². The van der Waals surface area contributed by atoms with E-state index in [0.29, 0.717) is 38.5 Å². The first-order valence-corrected chi connectivity index (χ1v) is 5.86. The number of cyclic esters (lactones) is 2. The number of carbonyl (C=O) groups excluding carboxylic acids is 3. The van der Waals surface area contributed by atoms with E-state index in [1.165, 1.54) is 7.11 Å². The van der Waals surface area contributed by atoms with Crippen LogP contribution in [0, 0.1) is 11.3 Å². The van der Waals surface area contributed by atoms with E-state index < -0.39 is 11.9 Å². The lowest BCUT2D eigenvalue weighted by atomic mass is 9.66. The second-order valence-corrected chi connectivity index (χ2v) is 5.00. The summed E-state index contributed by atoms with van der Waals surface area (Å²) in [6.45, 7) is 0. The summed E-state index contributed by atoms with van der Waals surface area (Å²) in [5.41, 5.74) is -0.267. The number of rotatable bonds is 1. The molecule has 1 heterocycles. The molecular formula is C12H16O5. The molecule has 0 amide bonds. The van der Waals surface area contributed by atoms with Crippen LogP contribution in [0.15, 0.2) is 0 Å². The zero-order chi connectivity index (χ0) is 12.5. The Balaban J connectivity index is 1.99. The van der Waals surface area contributed by atoms with Crippen LogP contribution in [-0.4, -0.2) is 25.0 Å². The summed E-state index contributed by atoms with van der Waals surface area (Å²) in [4.78, 5) is 34.0. The fraction of sp³-hybridized carbons (Fsp3) is 0.750. The van der Waals surface area contributed by atoms with Crippen LogP contribution in [0.3, 0.4) is 0 Å². The van der Waals surface area contributed by atoms with Gasteiger partial charge in [0.25, 0.3) is 0 Å². The highest BCUT2D eigenvalue weighted by Crippen LogP contribution is 2.46. The van der Waals surface area contributed by atoms with E-state index in [9.17, 15) is 14.4 Å². The Labute approximate surface area is 99.5 Å². The van der Waals surface area contributed by atoms with Crippen LogP contribution in [-0.2, 0) is 23.9 Å². The summed E-state index contributed by atoms with van der Waals surface area (Å²) in [5, 5.41) is 0. The Morgan fingerprint density at radius 2 is 1.76 bits per heavy atom. The molecule has 0 unspecified atom stereocenters. The van der Waals surface area contributed by atoms with Crippen molar-refractivity contribution in [3.05, 3.63) is 0 Å². The highest BCUT2D eigenvalue weighted by molar-refractivity contribution is 5.89. The maximum atomic E-state index is 11.4. The molecule has 2 aliphatic rings. The molecule has 17 heavy (non-hydrogen) atoms. The first-order chi connectivity index (χ1) is 8.04. The van der Waals surface area contributed by atoms with Gasteiger partial charge < -0.3 is 9.47 Å². The lowest BCUT2D eigenvalue weighted by Crippen LogP contribution is -2.39. The summed E-state index contributed by atoms with van der Waals surface area (Å²) in [5.74, 6) is -1.14. The molecule has 0 N–H and O–H groups in total. The van der Waals surface area contributed by atoms with Crippen molar-refractivity contribution in [2.75, 3.05) is 7.11 Å². The van der Waals surface area contributed by atoms with Crippen molar-refractivity contribution in [2.24, 2.45) is 11.3 Å². The second kappa shape index (κ2) is 4.47. The molecular weight excluding hydrogens is 224 g/mol. The largest absolute Gasteiger partial charge is 0.469 e. The highest BCUT2D eigenvalue weighted by atomic mass is 16.6. The second-order valence-electron chi connectivity index (χ2n) is 5.00. The number of carbonyl (C=O) groups is 3. The van der Waals surface area contributed by atoms with Crippen LogP contribution < -0.4 is 0 Å². The standard InChI is InChI=1S/C12H16O5/c1-16-11(15)8-2-4-12(5-3-8)6-9(13)17-10(14)7-12/h8H,2-7H2,1H3. The van der Waals surface area contributed by atoms with E-state index in [1.807, 2.05) is 0 Å². The van der Waals surface area contributed by atoms with Gasteiger partial charge in [-0.3, -0.25) is 14.4 Å². The molecule has 1 saturated heterocycles. The van der Waals surface area contributed by atoms with Gasteiger partial charge in [-0.05, 0) is 31.1 Å². The third kappa shape index (κ3) is 2.48. The Morgan fingerprint density at radius 3 is 2.24 bits per heavy atom. The molecule has 2 rings (SSSR count). The van der Waals surface area contributed by atoms with Crippen LogP contribution >= 0.6 is 0 Å². The summed E-state index contributed by atoms with van der Waals surface area (Å²) in [6.07, 6.45) is 3.40. The average Bonchev–Trinajstić information content (AvgIpc) is 2.27. The molecule has 0 aromatic carbocycles. The molecule has 94 valence electrons. The topological polar surface area (TPSA) is 69.7 Å². The van der Waals surface area contributed by atoms with E-state index in [-0.39, 0.29) is 17.3 Å². The monoisotopic (exact) mass is 240 g/mol. The minimum absolute atomic E-state index is 0.0846. The maximum absolute atomic E-state index is 11.4. The van der Waals surface area contributed by atoms with Crippen LogP contribution in [0.25, 0.3) is 0 Å². The van der Waals surface area contributed by atoms with Crippen LogP contribution in [0.5, 0.6) is 0 Å². The van der Waals surface area contributed by atoms with Crippen molar-refractivity contribution in [2.45, 2.75) is 38.5 Å². The first kappa shape index (κ1) is 12.1. The van der Waals surface area contributed by atoms with Gasteiger partial charge >= 0.3 is 17.9 Å². The number of methoxy groups -OCH3 is 1. The average molecular weight is 240 g/mol. The zero-order valence-electron chi connectivity index (χ0n) is 9.86. The maximum Gasteiger partial charge on any atom is 0.314 e. The smallest absolute Gasteiger partial charge is 0.314 e. The molecule has 0 bridgehead atoms. The van der Waals surface area contributed by atoms with E-state index in [4.69, 9.17) is 4.74 Å². The van der Waals surface area contributed by atoms with Gasteiger partial charge in [-0.1, -0.05) is 0 Å². The van der Waals surface area contributed by atoms with Gasteiger partial charge in [0.05, 0.1) is 25.9 Å². The molecule has 5 heteroatoms. The number of esters is 3. The van der Waals surface area contributed by atoms with Gasteiger partial charge in [-0.2, -0.15) is 0 Å². The van der Waals surface area contributed by atoms with Crippen molar-refractivity contribution in [3.63, 3.8) is 0 Å². The molecule has 1 aliphatic heterocycles. The number of ether oxygens (including phenoxy) is 2. The minimum Gasteiger partial charge on any atom is -0.469 e. The third-order valence-electron chi connectivity index (χ3n) is 3.85. The fourth-order valence-electron chi connectivity index (χ4n) is 2.86. The highest BCUT2D eigenvalue weighted by Gasteiger charge is 2.44. The SMILES string of the molecule is COC(=O)C1CCC2(CC1)CC(=O)OC(=O)C2. The summed E-state index contributed by atoms with van der Waals surface area (Å²) >= 11 is 0. The molecule has 1 saturated carbocycles. The molecule has 2 fully saturated rings. The van der Waals surface area contributed by atoms with E-state index in [1.54, 1.807) is 0 Å². The quantitative estimate of drug-likeness (QED) is 0.508. The summed E-state index contributed by atoms with van der Waals surface area (Å²) < 4.78 is 9.25. The van der Waals surface area contributed by atoms with Gasteiger partial charge in [-0.15, -0.1) is 0 Å². The molecule has 0 aromatic heterocycles. The molecule has 1 aliphatic carbocycles. The van der Waals surface area contributed by atoms with Crippen LogP contribution in [0.2, 0.25) is 0 Å². The van der Waals surface area contributed by atoms with Gasteiger partial charge in [0.15, 0.2) is 0 Å². The normalized spacial score (nSPS) is 24.5. The van der Waals surface area contributed by atoms with Crippen molar-refractivity contribution in [3.8, 4) is 0 Å². The number of hydrogen-bond donors (Lipinski definition) is 0. The van der Waals surface area contributed by atoms with Crippen molar-refractivity contribution >= 4 is 17.9 Å². The summed E-state index contributed by atoms with van der Waals surface area (Å²) in [7, 11) is 1.38. The summed E-state index contributed by atoms with van der Waals surface area (Å²) in [6, 6.07) is 0. The lowest BCUT2D eigenvalue weighted by Gasteiger charge is -2.40. The van der Waals surface area contributed by atoms with Gasteiger partial charge in [0.1, 0.15) is 0 Å². The Hall–Kier alpha value is -1.39. The first-order valence-electron chi connectivity index (χ1n) is 5.86. The Morgan fingerprint density at radius 1 is 1.24 bits per heavy atom. The number of hydrogen-bond acceptors (Lipinski definition) is 5. The van der Waals surface area contributed by atoms with Crippen LogP contribution in [0.4, 0.5) is 0 Å². The molecule has 1 spiro atoms. The van der Waals surface area contributed by atoms with Crippen molar-refractivity contribution in [1.82, 2.24) is 0 Å². The van der Waals surface area contributed by atoms with Gasteiger partial charge in [0.2, 0.25) is 0 Å². The van der Waals surface area contributed by atoms with Crippen LogP contribution in [0.1, 0.15) is 38.5 Å². The molecule has 0 radical (unpaired) electrons. The predicted octanol–water partition coefficient (Wildman–Crippen LogP) is 1.20. The van der Waals surface area contributed by atoms with E-state index in [2.05, 4.69) is 4.74 Å². The minimum atomic E-state index is -0.433. The fourth-order valence-corrected chi connectivity index (χ4v) is 2.86. The van der Waals surface area contributed by atoms with Crippen molar-refractivity contribution < 1.29 is 23.9 Å². The third-order valence-corrected chi connectivity index (χ3v) is 3.85. The predicted molar refractivity (Wildman–Crippen MR) is 56.7 cm³/mol. The molecule has 0 aromatic rings. The molecule has 5 nitrogen and oxygen atoms in total. The zero-order valence-corrected chi connectivity index (χ0v) is 9.86. The van der Waals surface area contributed by atoms with Gasteiger partial charge in [-0.25, -0.2) is 0 Å². The molecule has 0 atom stereocenters. The van der Waals surface area contributed by atoms with E-state index in [0.717, 1.165) is 0 Å².